The second-order valence-electron chi connectivity index (χ2n) is 4.73. The third-order valence-corrected chi connectivity index (χ3v) is 2.84. The van der Waals surface area contributed by atoms with Crippen molar-refractivity contribution in [3.63, 3.8) is 0 Å². The van der Waals surface area contributed by atoms with E-state index < -0.39 is 0 Å². The minimum Gasteiger partial charge on any atom is -0.392 e. The zero-order valence-electron chi connectivity index (χ0n) is 10.5. The second kappa shape index (κ2) is 6.18. The summed E-state index contributed by atoms with van der Waals surface area (Å²) in [5.41, 5.74) is 0. The number of aliphatic hydroxyl groups is 1. The summed E-state index contributed by atoms with van der Waals surface area (Å²) in [6.45, 7) is 6.21. The summed E-state index contributed by atoms with van der Waals surface area (Å²) < 4.78 is 0. The molecule has 0 aromatic heterocycles. The molecule has 1 heterocycles. The first-order chi connectivity index (χ1) is 7.49. The van der Waals surface area contributed by atoms with Gasteiger partial charge in [0.1, 0.15) is 0 Å². The Morgan fingerprint density at radius 3 is 2.44 bits per heavy atom. The Bertz CT molecular complexity index is 225. The van der Waals surface area contributed by atoms with Crippen LogP contribution in [-0.4, -0.2) is 85.2 Å². The molecule has 0 bridgehead atoms. The molecule has 94 valence electrons. The molecule has 1 N–H and O–H groups in total. The van der Waals surface area contributed by atoms with Gasteiger partial charge in [-0.3, -0.25) is 9.69 Å². The Labute approximate surface area is 97.6 Å². The molecule has 0 radical (unpaired) electrons. The minimum atomic E-state index is -0.384. The van der Waals surface area contributed by atoms with E-state index in [1.165, 1.54) is 0 Å². The van der Waals surface area contributed by atoms with Gasteiger partial charge >= 0.3 is 0 Å². The summed E-state index contributed by atoms with van der Waals surface area (Å²) in [6.07, 6.45) is -0.384. The van der Waals surface area contributed by atoms with E-state index in [-0.39, 0.29) is 12.0 Å². The average molecular weight is 229 g/mol. The Morgan fingerprint density at radius 1 is 1.38 bits per heavy atom. The highest BCUT2D eigenvalue weighted by Crippen LogP contribution is 2.00. The number of piperazine rings is 1. The van der Waals surface area contributed by atoms with E-state index in [2.05, 4.69) is 11.9 Å². The molecule has 0 aliphatic carbocycles. The molecule has 5 nitrogen and oxygen atoms in total. The molecule has 1 aliphatic heterocycles. The maximum atomic E-state index is 11.9. The van der Waals surface area contributed by atoms with Gasteiger partial charge in [0.25, 0.3) is 0 Å². The van der Waals surface area contributed by atoms with Gasteiger partial charge in [0.05, 0.1) is 12.6 Å². The van der Waals surface area contributed by atoms with Crippen molar-refractivity contribution in [3.8, 4) is 0 Å². The van der Waals surface area contributed by atoms with Crippen LogP contribution in [0.5, 0.6) is 0 Å². The van der Waals surface area contributed by atoms with Crippen LogP contribution in [0.15, 0.2) is 0 Å². The summed E-state index contributed by atoms with van der Waals surface area (Å²) >= 11 is 0. The van der Waals surface area contributed by atoms with E-state index in [4.69, 9.17) is 0 Å². The molecule has 1 fully saturated rings. The average Bonchev–Trinajstić information content (AvgIpc) is 2.16. The number of nitrogens with zero attached hydrogens (tertiary/aromatic N) is 3. The van der Waals surface area contributed by atoms with E-state index in [1.807, 2.05) is 16.8 Å². The predicted molar refractivity (Wildman–Crippen MR) is 63.3 cm³/mol. The van der Waals surface area contributed by atoms with Crippen LogP contribution in [0.4, 0.5) is 0 Å². The zero-order chi connectivity index (χ0) is 12.1. The van der Waals surface area contributed by atoms with Crippen molar-refractivity contribution in [3.05, 3.63) is 0 Å². The number of hydrogen-bond donors (Lipinski definition) is 1. The topological polar surface area (TPSA) is 47.0 Å². The molecule has 0 spiro atoms. The largest absolute Gasteiger partial charge is 0.392 e. The van der Waals surface area contributed by atoms with E-state index in [9.17, 15) is 9.90 Å². The molecule has 1 atom stereocenters. The Hall–Kier alpha value is -0.650. The summed E-state index contributed by atoms with van der Waals surface area (Å²) in [5.74, 6) is 0.163. The van der Waals surface area contributed by atoms with E-state index in [0.717, 1.165) is 26.2 Å². The van der Waals surface area contributed by atoms with Gasteiger partial charge in [-0.2, -0.15) is 0 Å². The normalized spacial score (nSPS) is 20.2. The van der Waals surface area contributed by atoms with Crippen molar-refractivity contribution < 1.29 is 9.90 Å². The number of amides is 1. The molecule has 1 unspecified atom stereocenters. The predicted octanol–water partition coefficient (Wildman–Crippen LogP) is -0.927. The number of rotatable bonds is 4. The van der Waals surface area contributed by atoms with Gasteiger partial charge in [-0.1, -0.05) is 0 Å². The summed E-state index contributed by atoms with van der Waals surface area (Å²) in [5, 5.41) is 9.21. The fraction of sp³-hybridized carbons (Fsp3) is 0.909. The van der Waals surface area contributed by atoms with Gasteiger partial charge in [-0.25, -0.2) is 0 Å². The molecule has 0 saturated carbocycles. The molecule has 16 heavy (non-hydrogen) atoms. The Balaban J connectivity index is 2.29. The molecule has 5 heteroatoms. The zero-order valence-corrected chi connectivity index (χ0v) is 10.5. The molecule has 0 aromatic rings. The number of likely N-dealkylation sites (N-methyl/N-ethyl adjacent to an activating group) is 2. The molecule has 1 saturated heterocycles. The summed E-state index contributed by atoms with van der Waals surface area (Å²) in [7, 11) is 3.93. The number of carbonyl (C=O) groups excluding carboxylic acids is 1. The first-order valence-corrected chi connectivity index (χ1v) is 5.82. The van der Waals surface area contributed by atoms with Crippen molar-refractivity contribution in [1.29, 1.82) is 0 Å². The standard InChI is InChI=1S/C11H23N3O2/c1-10(15)8-13(3)9-11(16)14-6-4-12(2)5-7-14/h10,15H,4-9H2,1-3H3. The highest BCUT2D eigenvalue weighted by Gasteiger charge is 2.20. The molecule has 0 aromatic carbocycles. The van der Waals surface area contributed by atoms with Crippen LogP contribution in [0.1, 0.15) is 6.92 Å². The van der Waals surface area contributed by atoms with Gasteiger partial charge in [0, 0.05) is 32.7 Å². The first kappa shape index (κ1) is 13.4. The minimum absolute atomic E-state index is 0.163. The summed E-state index contributed by atoms with van der Waals surface area (Å²) in [6, 6.07) is 0. The second-order valence-corrected chi connectivity index (χ2v) is 4.73. The lowest BCUT2D eigenvalue weighted by molar-refractivity contribution is -0.133. The smallest absolute Gasteiger partial charge is 0.236 e. The molecule has 1 aliphatic rings. The maximum Gasteiger partial charge on any atom is 0.236 e. The number of aliphatic hydroxyl groups excluding tert-OH is 1. The fourth-order valence-electron chi connectivity index (χ4n) is 1.90. The fourth-order valence-corrected chi connectivity index (χ4v) is 1.90. The SMILES string of the molecule is CC(O)CN(C)CC(=O)N1CCN(C)CC1. The Morgan fingerprint density at radius 2 is 1.94 bits per heavy atom. The maximum absolute atomic E-state index is 11.9. The highest BCUT2D eigenvalue weighted by atomic mass is 16.3. The highest BCUT2D eigenvalue weighted by molar-refractivity contribution is 5.78. The van der Waals surface area contributed by atoms with Crippen LogP contribution in [0, 0.1) is 0 Å². The van der Waals surface area contributed by atoms with Gasteiger partial charge < -0.3 is 14.9 Å². The molecular formula is C11H23N3O2. The monoisotopic (exact) mass is 229 g/mol. The van der Waals surface area contributed by atoms with Crippen molar-refractivity contribution in [2.24, 2.45) is 0 Å². The van der Waals surface area contributed by atoms with E-state index in [1.54, 1.807) is 6.92 Å². The molecule has 1 amide bonds. The van der Waals surface area contributed by atoms with Crippen molar-refractivity contribution in [1.82, 2.24) is 14.7 Å². The lowest BCUT2D eigenvalue weighted by Gasteiger charge is -2.33. The first-order valence-electron chi connectivity index (χ1n) is 5.82. The molecular weight excluding hydrogens is 206 g/mol. The van der Waals surface area contributed by atoms with Crippen molar-refractivity contribution in [2.45, 2.75) is 13.0 Å². The lowest BCUT2D eigenvalue weighted by Crippen LogP contribution is -2.50. The molecule has 1 rings (SSSR count). The van der Waals surface area contributed by atoms with Crippen LogP contribution in [0.2, 0.25) is 0 Å². The van der Waals surface area contributed by atoms with Gasteiger partial charge in [0.15, 0.2) is 0 Å². The van der Waals surface area contributed by atoms with Crippen molar-refractivity contribution in [2.75, 3.05) is 53.4 Å². The van der Waals surface area contributed by atoms with Crippen LogP contribution in [0.25, 0.3) is 0 Å². The third kappa shape index (κ3) is 4.47. The van der Waals surface area contributed by atoms with Crippen LogP contribution >= 0.6 is 0 Å². The quantitative estimate of drug-likeness (QED) is 0.677. The Kier molecular flexibility index (Phi) is 5.18. The van der Waals surface area contributed by atoms with Crippen LogP contribution in [-0.2, 0) is 4.79 Å². The van der Waals surface area contributed by atoms with Crippen LogP contribution in [0.3, 0.4) is 0 Å². The van der Waals surface area contributed by atoms with Gasteiger partial charge in [0.2, 0.25) is 5.91 Å². The van der Waals surface area contributed by atoms with Crippen LogP contribution < -0.4 is 0 Å². The van der Waals surface area contributed by atoms with Crippen molar-refractivity contribution >= 4 is 5.91 Å². The number of carbonyl (C=O) groups is 1. The van der Waals surface area contributed by atoms with Gasteiger partial charge in [-0.05, 0) is 21.0 Å². The van der Waals surface area contributed by atoms with Gasteiger partial charge in [-0.15, -0.1) is 0 Å². The lowest BCUT2D eigenvalue weighted by atomic mass is 10.3. The third-order valence-electron chi connectivity index (χ3n) is 2.84. The van der Waals surface area contributed by atoms with E-state index in [0.29, 0.717) is 13.1 Å². The van der Waals surface area contributed by atoms with E-state index >= 15 is 0 Å². The summed E-state index contributed by atoms with van der Waals surface area (Å²) in [4.78, 5) is 17.9. The number of hydrogen-bond acceptors (Lipinski definition) is 4.